The quantitative estimate of drug-likeness (QED) is 0.373. The first-order valence-corrected chi connectivity index (χ1v) is 9.72. The van der Waals surface area contributed by atoms with E-state index in [9.17, 15) is 0 Å². The van der Waals surface area contributed by atoms with Crippen molar-refractivity contribution in [3.05, 3.63) is 84.8 Å². The second-order valence-electron chi connectivity index (χ2n) is 6.61. The molecule has 1 unspecified atom stereocenters. The molecule has 0 amide bonds. The molecule has 158 valence electrons. The molecular formula is C25H30N2O3. The average molecular weight is 407 g/mol. The van der Waals surface area contributed by atoms with Crippen molar-refractivity contribution in [1.82, 2.24) is 4.98 Å². The second kappa shape index (κ2) is 11.6. The Morgan fingerprint density at radius 2 is 1.97 bits per heavy atom. The van der Waals surface area contributed by atoms with Gasteiger partial charge in [0.15, 0.2) is 0 Å². The molecule has 30 heavy (non-hydrogen) atoms. The maximum atomic E-state index is 5.71. The molecule has 0 aliphatic rings. The van der Waals surface area contributed by atoms with E-state index in [4.69, 9.17) is 13.9 Å². The Hall–Kier alpha value is -3.31. The minimum absolute atomic E-state index is 0.0149. The normalized spacial score (nSPS) is 12.7. The van der Waals surface area contributed by atoms with E-state index in [0.717, 1.165) is 33.7 Å². The molecule has 2 aromatic heterocycles. The van der Waals surface area contributed by atoms with E-state index < -0.39 is 0 Å². The first-order valence-electron chi connectivity index (χ1n) is 9.72. The molecule has 1 atom stereocenters. The number of allylic oxidation sites excluding steroid dienone is 4. The number of aromatic nitrogens is 1. The van der Waals surface area contributed by atoms with Gasteiger partial charge < -0.3 is 19.2 Å². The van der Waals surface area contributed by atoms with Crippen LogP contribution in [0, 0.1) is 0 Å². The van der Waals surface area contributed by atoms with Gasteiger partial charge in [-0.1, -0.05) is 36.4 Å². The second-order valence-corrected chi connectivity index (χ2v) is 6.61. The van der Waals surface area contributed by atoms with Gasteiger partial charge in [0.05, 0.1) is 7.11 Å². The van der Waals surface area contributed by atoms with Crippen molar-refractivity contribution < 1.29 is 13.9 Å². The Kier molecular flexibility index (Phi) is 8.91. The summed E-state index contributed by atoms with van der Waals surface area (Å²) in [5.74, 6) is 1.65. The number of nitrogens with zero attached hydrogens (tertiary/aromatic N) is 1. The minimum Gasteiger partial charge on any atom is -0.498 e. The Morgan fingerprint density at radius 1 is 1.17 bits per heavy atom. The Morgan fingerprint density at radius 3 is 2.60 bits per heavy atom. The summed E-state index contributed by atoms with van der Waals surface area (Å²) in [4.78, 5) is 4.19. The van der Waals surface area contributed by atoms with Gasteiger partial charge >= 0.3 is 0 Å². The lowest BCUT2D eigenvalue weighted by atomic mass is 10.1. The van der Waals surface area contributed by atoms with Crippen molar-refractivity contribution in [2.24, 2.45) is 0 Å². The number of benzene rings is 1. The largest absolute Gasteiger partial charge is 0.498 e. The highest BCUT2D eigenvalue weighted by molar-refractivity contribution is 5.80. The fourth-order valence-corrected chi connectivity index (χ4v) is 2.61. The summed E-state index contributed by atoms with van der Waals surface area (Å²) >= 11 is 0. The summed E-state index contributed by atoms with van der Waals surface area (Å²) < 4.78 is 16.0. The van der Waals surface area contributed by atoms with Crippen molar-refractivity contribution in [2.45, 2.75) is 20.0 Å². The van der Waals surface area contributed by atoms with E-state index in [-0.39, 0.29) is 6.10 Å². The smallest absolute Gasteiger partial charge is 0.226 e. The zero-order valence-electron chi connectivity index (χ0n) is 18.3. The van der Waals surface area contributed by atoms with Crippen molar-refractivity contribution >= 4 is 16.8 Å². The Balaban J connectivity index is 0.000000224. The first kappa shape index (κ1) is 23.0. The van der Waals surface area contributed by atoms with Crippen molar-refractivity contribution in [3.8, 4) is 11.3 Å². The fourth-order valence-electron chi connectivity index (χ4n) is 2.61. The summed E-state index contributed by atoms with van der Waals surface area (Å²) in [6.45, 7) is 7.58. The van der Waals surface area contributed by atoms with Gasteiger partial charge in [-0.3, -0.25) is 0 Å². The molecule has 5 heteroatoms. The summed E-state index contributed by atoms with van der Waals surface area (Å²) in [5, 5.41) is 4.14. The lowest BCUT2D eigenvalue weighted by molar-refractivity contribution is 0.0917. The van der Waals surface area contributed by atoms with Crippen LogP contribution in [0.3, 0.4) is 0 Å². The summed E-state index contributed by atoms with van der Waals surface area (Å²) in [6.07, 6.45) is 7.35. The van der Waals surface area contributed by atoms with Crippen LogP contribution < -0.4 is 5.32 Å². The first-order chi connectivity index (χ1) is 14.5. The summed E-state index contributed by atoms with van der Waals surface area (Å²) in [7, 11) is 5.19. The van der Waals surface area contributed by atoms with Crippen LogP contribution in [-0.2, 0) is 9.47 Å². The maximum absolute atomic E-state index is 5.71. The van der Waals surface area contributed by atoms with E-state index >= 15 is 0 Å². The van der Waals surface area contributed by atoms with Gasteiger partial charge in [0.1, 0.15) is 17.6 Å². The third-order valence-corrected chi connectivity index (χ3v) is 4.55. The standard InChI is InChI=1S/C14H12N2O.C11H18O2/c1-15-12-6-2-4-10(8-12)13-9-11-5-3-7-16-14(11)17-13;1-6-9(2)7-8-11(13-5)10(3)12-4/h2-9,15H,1H3;6-8,10H,1H2,2-5H3/b;9-7-,11-8+. The minimum atomic E-state index is -0.0149. The molecule has 2 heterocycles. The molecule has 1 aromatic carbocycles. The van der Waals surface area contributed by atoms with Gasteiger partial charge in [-0.25, -0.2) is 4.98 Å². The predicted octanol–water partition coefficient (Wildman–Crippen LogP) is 6.22. The number of rotatable bonds is 7. The average Bonchev–Trinajstić information content (AvgIpc) is 3.24. The van der Waals surface area contributed by atoms with Crippen LogP contribution in [0.4, 0.5) is 5.69 Å². The number of pyridine rings is 1. The highest BCUT2D eigenvalue weighted by Gasteiger charge is 2.07. The number of anilines is 1. The number of nitrogens with one attached hydrogen (secondary N) is 1. The highest BCUT2D eigenvalue weighted by atomic mass is 16.5. The Bertz CT molecular complexity index is 985. The third kappa shape index (κ3) is 6.36. The van der Waals surface area contributed by atoms with E-state index in [1.165, 1.54) is 0 Å². The lowest BCUT2D eigenvalue weighted by Gasteiger charge is -2.11. The molecule has 1 N–H and O–H groups in total. The van der Waals surface area contributed by atoms with Crippen LogP contribution in [0.25, 0.3) is 22.4 Å². The van der Waals surface area contributed by atoms with Gasteiger partial charge in [0.2, 0.25) is 5.71 Å². The molecule has 0 aliphatic heterocycles. The van der Waals surface area contributed by atoms with Crippen LogP contribution in [-0.4, -0.2) is 32.4 Å². The molecule has 3 aromatic rings. The summed E-state index contributed by atoms with van der Waals surface area (Å²) in [6, 6.07) is 14.0. The number of furan rings is 1. The molecule has 0 saturated carbocycles. The van der Waals surface area contributed by atoms with E-state index in [0.29, 0.717) is 5.71 Å². The molecule has 5 nitrogen and oxygen atoms in total. The molecule has 3 rings (SSSR count). The number of hydrogen-bond acceptors (Lipinski definition) is 5. The highest BCUT2D eigenvalue weighted by Crippen LogP contribution is 2.27. The number of hydrogen-bond donors (Lipinski definition) is 1. The van der Waals surface area contributed by atoms with Gasteiger partial charge in [0, 0.05) is 37.0 Å². The van der Waals surface area contributed by atoms with Gasteiger partial charge in [0.25, 0.3) is 0 Å². The van der Waals surface area contributed by atoms with Crippen LogP contribution in [0.15, 0.2) is 89.2 Å². The summed E-state index contributed by atoms with van der Waals surface area (Å²) in [5.41, 5.74) is 3.89. The zero-order chi connectivity index (χ0) is 21.9. The van der Waals surface area contributed by atoms with Crippen LogP contribution in [0.1, 0.15) is 13.8 Å². The van der Waals surface area contributed by atoms with E-state index in [1.807, 2.05) is 69.4 Å². The predicted molar refractivity (Wildman–Crippen MR) is 125 cm³/mol. The third-order valence-electron chi connectivity index (χ3n) is 4.55. The molecule has 0 aliphatic carbocycles. The molecule has 0 radical (unpaired) electrons. The topological polar surface area (TPSA) is 56.5 Å². The van der Waals surface area contributed by atoms with Crippen LogP contribution in [0.2, 0.25) is 0 Å². The number of ether oxygens (including phenoxy) is 2. The molecule has 0 fully saturated rings. The zero-order valence-corrected chi connectivity index (χ0v) is 18.3. The SMILES string of the molecule is C=C/C(C)=C\C=C(\OC)C(C)OC.CNc1cccc(-c2cc3cccnc3o2)c1. The molecular weight excluding hydrogens is 376 g/mol. The van der Waals surface area contributed by atoms with E-state index in [2.05, 4.69) is 22.9 Å². The number of fused-ring (bicyclic) bond motifs is 1. The lowest BCUT2D eigenvalue weighted by Crippen LogP contribution is -2.09. The van der Waals surface area contributed by atoms with Crippen LogP contribution in [0.5, 0.6) is 0 Å². The fraction of sp³-hybridized carbons (Fsp3) is 0.240. The molecule has 0 bridgehead atoms. The number of methoxy groups -OCH3 is 2. The molecule has 0 saturated heterocycles. The van der Waals surface area contributed by atoms with Gasteiger partial charge in [-0.15, -0.1) is 0 Å². The van der Waals surface area contributed by atoms with E-state index in [1.54, 1.807) is 26.5 Å². The monoisotopic (exact) mass is 406 g/mol. The maximum Gasteiger partial charge on any atom is 0.226 e. The Labute approximate surface area is 178 Å². The van der Waals surface area contributed by atoms with Gasteiger partial charge in [-0.05, 0) is 50.3 Å². The molecule has 0 spiro atoms. The van der Waals surface area contributed by atoms with Gasteiger partial charge in [-0.2, -0.15) is 0 Å². The van der Waals surface area contributed by atoms with Crippen molar-refractivity contribution in [3.63, 3.8) is 0 Å². The van der Waals surface area contributed by atoms with Crippen molar-refractivity contribution in [1.29, 1.82) is 0 Å². The van der Waals surface area contributed by atoms with Crippen LogP contribution >= 0.6 is 0 Å². The van der Waals surface area contributed by atoms with Crippen molar-refractivity contribution in [2.75, 3.05) is 26.6 Å².